The SMILES string of the molecule is CN(CCC#N)C(=O)C1(C(F)(F)F)CCNC1. The number of hydrogen-bond acceptors (Lipinski definition) is 3. The summed E-state index contributed by atoms with van der Waals surface area (Å²) in [4.78, 5) is 12.9. The van der Waals surface area contributed by atoms with E-state index in [2.05, 4.69) is 5.32 Å². The molecule has 1 atom stereocenters. The van der Waals surface area contributed by atoms with E-state index in [0.717, 1.165) is 4.90 Å². The minimum Gasteiger partial charge on any atom is -0.344 e. The number of carbonyl (C=O) groups excluding carboxylic acids is 1. The number of hydrogen-bond donors (Lipinski definition) is 1. The Kier molecular flexibility index (Phi) is 3.98. The molecule has 96 valence electrons. The second kappa shape index (κ2) is 4.92. The fourth-order valence-electron chi connectivity index (χ4n) is 1.92. The molecule has 0 aromatic carbocycles. The Morgan fingerprint density at radius 2 is 2.24 bits per heavy atom. The van der Waals surface area contributed by atoms with E-state index in [1.807, 2.05) is 0 Å². The van der Waals surface area contributed by atoms with E-state index in [0.29, 0.717) is 0 Å². The summed E-state index contributed by atoms with van der Waals surface area (Å²) in [7, 11) is 1.30. The maximum absolute atomic E-state index is 13.0. The van der Waals surface area contributed by atoms with Crippen molar-refractivity contribution < 1.29 is 18.0 Å². The molecule has 0 radical (unpaired) electrons. The average molecular weight is 249 g/mol. The van der Waals surface area contributed by atoms with Crippen LogP contribution in [-0.2, 0) is 4.79 Å². The summed E-state index contributed by atoms with van der Waals surface area (Å²) < 4.78 is 39.0. The molecule has 1 aliphatic heterocycles. The Bertz CT molecular complexity index is 329. The molecule has 1 amide bonds. The van der Waals surface area contributed by atoms with Gasteiger partial charge >= 0.3 is 6.18 Å². The van der Waals surface area contributed by atoms with Crippen molar-refractivity contribution in [1.82, 2.24) is 10.2 Å². The van der Waals surface area contributed by atoms with Crippen LogP contribution in [0.25, 0.3) is 0 Å². The highest BCUT2D eigenvalue weighted by Crippen LogP contribution is 2.44. The molecule has 1 unspecified atom stereocenters. The van der Waals surface area contributed by atoms with E-state index in [9.17, 15) is 18.0 Å². The quantitative estimate of drug-likeness (QED) is 0.808. The van der Waals surface area contributed by atoms with Crippen molar-refractivity contribution in [3.05, 3.63) is 0 Å². The van der Waals surface area contributed by atoms with Crippen LogP contribution in [-0.4, -0.2) is 43.7 Å². The van der Waals surface area contributed by atoms with Gasteiger partial charge in [-0.2, -0.15) is 18.4 Å². The van der Waals surface area contributed by atoms with Gasteiger partial charge in [0.25, 0.3) is 0 Å². The van der Waals surface area contributed by atoms with Crippen LogP contribution in [0.15, 0.2) is 0 Å². The summed E-state index contributed by atoms with van der Waals surface area (Å²) in [5, 5.41) is 10.9. The fraction of sp³-hybridized carbons (Fsp3) is 0.800. The highest BCUT2D eigenvalue weighted by Gasteiger charge is 2.62. The van der Waals surface area contributed by atoms with Crippen LogP contribution in [0, 0.1) is 16.7 Å². The molecule has 0 aromatic heterocycles. The van der Waals surface area contributed by atoms with Crippen molar-refractivity contribution in [2.45, 2.75) is 19.0 Å². The first-order valence-corrected chi connectivity index (χ1v) is 5.25. The highest BCUT2D eigenvalue weighted by molar-refractivity contribution is 5.84. The van der Waals surface area contributed by atoms with Gasteiger partial charge in [0.2, 0.25) is 5.91 Å². The Hall–Kier alpha value is -1.29. The van der Waals surface area contributed by atoms with Gasteiger partial charge in [-0.05, 0) is 13.0 Å². The summed E-state index contributed by atoms with van der Waals surface area (Å²) in [5.74, 6) is -0.953. The first-order valence-electron chi connectivity index (χ1n) is 5.25. The molecule has 1 rings (SSSR count). The van der Waals surface area contributed by atoms with Gasteiger partial charge in [0.15, 0.2) is 5.41 Å². The molecule has 0 aromatic rings. The van der Waals surface area contributed by atoms with Crippen LogP contribution >= 0.6 is 0 Å². The van der Waals surface area contributed by atoms with Crippen LogP contribution in [0.3, 0.4) is 0 Å². The van der Waals surface area contributed by atoms with Crippen LogP contribution < -0.4 is 5.32 Å². The maximum atomic E-state index is 13.0. The molecule has 17 heavy (non-hydrogen) atoms. The van der Waals surface area contributed by atoms with Gasteiger partial charge in [-0.15, -0.1) is 0 Å². The Morgan fingerprint density at radius 3 is 2.65 bits per heavy atom. The molecule has 1 aliphatic rings. The summed E-state index contributed by atoms with van der Waals surface area (Å²) in [5.41, 5.74) is -2.32. The number of amides is 1. The van der Waals surface area contributed by atoms with Crippen molar-refractivity contribution in [2.24, 2.45) is 5.41 Å². The number of halogens is 3. The lowest BCUT2D eigenvalue weighted by Crippen LogP contribution is -2.52. The van der Waals surface area contributed by atoms with Gasteiger partial charge in [-0.25, -0.2) is 0 Å². The second-order valence-electron chi connectivity index (χ2n) is 4.14. The van der Waals surface area contributed by atoms with Gasteiger partial charge in [0.05, 0.1) is 12.5 Å². The van der Waals surface area contributed by atoms with E-state index in [4.69, 9.17) is 5.26 Å². The summed E-state index contributed by atoms with van der Waals surface area (Å²) >= 11 is 0. The lowest BCUT2D eigenvalue weighted by molar-refractivity contribution is -0.221. The smallest absolute Gasteiger partial charge is 0.344 e. The third-order valence-electron chi connectivity index (χ3n) is 3.01. The van der Waals surface area contributed by atoms with E-state index in [1.165, 1.54) is 7.05 Å². The molecule has 0 aliphatic carbocycles. The fourth-order valence-corrected chi connectivity index (χ4v) is 1.92. The van der Waals surface area contributed by atoms with E-state index in [-0.39, 0.29) is 32.5 Å². The van der Waals surface area contributed by atoms with Crippen molar-refractivity contribution >= 4 is 5.91 Å². The van der Waals surface area contributed by atoms with Gasteiger partial charge in [0.1, 0.15) is 0 Å². The van der Waals surface area contributed by atoms with Gasteiger partial charge in [-0.3, -0.25) is 4.79 Å². The van der Waals surface area contributed by atoms with Gasteiger partial charge in [0, 0.05) is 20.1 Å². The molecule has 0 saturated carbocycles. The van der Waals surface area contributed by atoms with Gasteiger partial charge < -0.3 is 10.2 Å². The van der Waals surface area contributed by atoms with Crippen LogP contribution in [0.1, 0.15) is 12.8 Å². The molecule has 7 heteroatoms. The summed E-state index contributed by atoms with van der Waals surface area (Å²) in [6.45, 7) is -0.184. The van der Waals surface area contributed by atoms with Crippen molar-refractivity contribution in [2.75, 3.05) is 26.7 Å². The first kappa shape index (κ1) is 13.8. The van der Waals surface area contributed by atoms with Crippen molar-refractivity contribution in [3.63, 3.8) is 0 Å². The topological polar surface area (TPSA) is 56.1 Å². The standard InChI is InChI=1S/C10H14F3N3O/c1-16(6-2-4-14)8(17)9(10(11,12)13)3-5-15-7-9/h15H,2-3,5-7H2,1H3. The number of nitriles is 1. The largest absolute Gasteiger partial charge is 0.404 e. The monoisotopic (exact) mass is 249 g/mol. The maximum Gasteiger partial charge on any atom is 0.404 e. The average Bonchev–Trinajstić information content (AvgIpc) is 2.74. The zero-order valence-corrected chi connectivity index (χ0v) is 9.47. The van der Waals surface area contributed by atoms with Crippen molar-refractivity contribution in [1.29, 1.82) is 5.26 Å². The molecule has 0 spiro atoms. The molecule has 0 bridgehead atoms. The Labute approximate surface area is 97.4 Å². The molecule has 1 saturated heterocycles. The van der Waals surface area contributed by atoms with Crippen molar-refractivity contribution in [3.8, 4) is 6.07 Å². The van der Waals surface area contributed by atoms with E-state index in [1.54, 1.807) is 6.07 Å². The predicted molar refractivity (Wildman–Crippen MR) is 53.8 cm³/mol. The molecule has 1 fully saturated rings. The summed E-state index contributed by atoms with van der Waals surface area (Å²) in [6.07, 6.45) is -4.77. The van der Waals surface area contributed by atoms with Crippen LogP contribution in [0.2, 0.25) is 0 Å². The minimum atomic E-state index is -4.56. The van der Waals surface area contributed by atoms with E-state index >= 15 is 0 Å². The third-order valence-corrected chi connectivity index (χ3v) is 3.01. The highest BCUT2D eigenvalue weighted by atomic mass is 19.4. The molecule has 1 heterocycles. The normalized spacial score (nSPS) is 24.4. The molecule has 1 N–H and O–H groups in total. The van der Waals surface area contributed by atoms with E-state index < -0.39 is 17.5 Å². The predicted octanol–water partition coefficient (Wildman–Crippen LogP) is 0.900. The van der Waals surface area contributed by atoms with Gasteiger partial charge in [-0.1, -0.05) is 0 Å². The minimum absolute atomic E-state index is 0.0210. The Morgan fingerprint density at radius 1 is 1.59 bits per heavy atom. The third kappa shape index (κ3) is 2.52. The second-order valence-corrected chi connectivity index (χ2v) is 4.14. The summed E-state index contributed by atoms with van der Waals surface area (Å²) in [6, 6.07) is 1.80. The zero-order chi connectivity index (χ0) is 13.1. The first-order chi connectivity index (χ1) is 7.85. The number of nitrogens with zero attached hydrogens (tertiary/aromatic N) is 2. The molecular weight excluding hydrogens is 235 g/mol. The number of nitrogens with one attached hydrogen (secondary N) is 1. The zero-order valence-electron chi connectivity index (χ0n) is 9.47. The van der Waals surface area contributed by atoms with Crippen LogP contribution in [0.4, 0.5) is 13.2 Å². The van der Waals surface area contributed by atoms with Crippen LogP contribution in [0.5, 0.6) is 0 Å². The number of rotatable bonds is 3. The Balaban J connectivity index is 2.86. The number of carbonyl (C=O) groups is 1. The molecule has 4 nitrogen and oxygen atoms in total. The molecular formula is C10H14F3N3O. The lowest BCUT2D eigenvalue weighted by atomic mass is 9.84. The lowest BCUT2D eigenvalue weighted by Gasteiger charge is -2.33. The number of alkyl halides is 3.